The van der Waals surface area contributed by atoms with Crippen LogP contribution in [-0.2, 0) is 31.9 Å². The molecular weight excluding hydrogens is 425 g/mol. The molecule has 2 N–H and O–H groups in total. The van der Waals surface area contributed by atoms with E-state index in [2.05, 4.69) is 10.6 Å². The van der Waals surface area contributed by atoms with Gasteiger partial charge in [0.2, 0.25) is 15.9 Å². The van der Waals surface area contributed by atoms with Gasteiger partial charge in [-0.2, -0.15) is 4.31 Å². The van der Waals surface area contributed by atoms with Crippen molar-refractivity contribution >= 4 is 21.8 Å². The van der Waals surface area contributed by atoms with Crippen molar-refractivity contribution in [2.75, 3.05) is 32.8 Å². The number of hydrogen-bond donors (Lipinski definition) is 2. The average Bonchev–Trinajstić information content (AvgIpc) is 2.77. The van der Waals surface area contributed by atoms with Gasteiger partial charge < -0.3 is 15.4 Å². The zero-order valence-electron chi connectivity index (χ0n) is 16.8. The highest BCUT2D eigenvalue weighted by Crippen LogP contribution is 2.16. The third kappa shape index (κ3) is 6.58. The first kappa shape index (κ1) is 22.9. The second kappa shape index (κ2) is 10.5. The van der Waals surface area contributed by atoms with E-state index in [1.807, 2.05) is 0 Å². The number of ether oxygens (including phenoxy) is 1. The summed E-state index contributed by atoms with van der Waals surface area (Å²) in [6.07, 6.45) is 0. The molecule has 0 unspecified atom stereocenters. The number of nitrogens with one attached hydrogen (secondary N) is 2. The van der Waals surface area contributed by atoms with Crippen LogP contribution in [0.25, 0.3) is 0 Å². The molecule has 0 aliphatic carbocycles. The minimum Gasteiger partial charge on any atom is -0.379 e. The quantitative estimate of drug-likeness (QED) is 0.627. The van der Waals surface area contributed by atoms with Crippen LogP contribution in [0.3, 0.4) is 0 Å². The van der Waals surface area contributed by atoms with Crippen LogP contribution in [-0.4, -0.2) is 57.4 Å². The Labute approximate surface area is 180 Å². The molecule has 1 fully saturated rings. The number of sulfonamides is 1. The standard InChI is InChI=1S/C21H24FN3O5S/c22-19-7-3-6-16(12-19)21(27)24-14-20(26)23-13-17-4-1-2-5-18(17)15-31(28,29)25-8-10-30-11-9-25/h1-7,12H,8-11,13-15H2,(H,23,26)(H,24,27). The molecule has 0 radical (unpaired) electrons. The summed E-state index contributed by atoms with van der Waals surface area (Å²) in [7, 11) is -3.50. The number of halogens is 1. The molecule has 0 aromatic heterocycles. The third-order valence-electron chi connectivity index (χ3n) is 4.79. The maximum atomic E-state index is 13.2. The lowest BCUT2D eigenvalue weighted by Crippen LogP contribution is -2.41. The normalized spacial score (nSPS) is 14.7. The van der Waals surface area contributed by atoms with Crippen LogP contribution in [0.4, 0.5) is 4.39 Å². The Morgan fingerprint density at radius 1 is 1.00 bits per heavy atom. The fourth-order valence-corrected chi connectivity index (χ4v) is 4.69. The molecule has 31 heavy (non-hydrogen) atoms. The predicted octanol–water partition coefficient (Wildman–Crippen LogP) is 1.03. The summed E-state index contributed by atoms with van der Waals surface area (Å²) >= 11 is 0. The van der Waals surface area contributed by atoms with Gasteiger partial charge in [-0.3, -0.25) is 9.59 Å². The molecule has 0 atom stereocenters. The van der Waals surface area contributed by atoms with Gasteiger partial charge in [-0.1, -0.05) is 30.3 Å². The highest BCUT2D eigenvalue weighted by molar-refractivity contribution is 7.88. The van der Waals surface area contributed by atoms with Gasteiger partial charge in [0.05, 0.1) is 25.5 Å². The Balaban J connectivity index is 1.54. The van der Waals surface area contributed by atoms with Gasteiger partial charge in [-0.25, -0.2) is 12.8 Å². The maximum Gasteiger partial charge on any atom is 0.251 e. The predicted molar refractivity (Wildman–Crippen MR) is 112 cm³/mol. The monoisotopic (exact) mass is 449 g/mol. The lowest BCUT2D eigenvalue weighted by molar-refractivity contribution is -0.120. The lowest BCUT2D eigenvalue weighted by Gasteiger charge is -2.26. The van der Waals surface area contributed by atoms with Crippen LogP contribution in [0.15, 0.2) is 48.5 Å². The highest BCUT2D eigenvalue weighted by Gasteiger charge is 2.25. The van der Waals surface area contributed by atoms with E-state index in [1.54, 1.807) is 24.3 Å². The zero-order valence-corrected chi connectivity index (χ0v) is 17.7. The first-order valence-corrected chi connectivity index (χ1v) is 11.4. The fraction of sp³-hybridized carbons (Fsp3) is 0.333. The van der Waals surface area contributed by atoms with Crippen LogP contribution < -0.4 is 10.6 Å². The maximum absolute atomic E-state index is 13.2. The van der Waals surface area contributed by atoms with Crippen molar-refractivity contribution in [3.8, 4) is 0 Å². The van der Waals surface area contributed by atoms with Gasteiger partial charge in [-0.05, 0) is 29.3 Å². The molecule has 2 aromatic rings. The molecule has 2 amide bonds. The molecule has 166 valence electrons. The van der Waals surface area contributed by atoms with Crippen molar-refractivity contribution in [3.05, 3.63) is 71.0 Å². The number of benzene rings is 2. The van der Waals surface area contributed by atoms with Crippen molar-refractivity contribution in [3.63, 3.8) is 0 Å². The van der Waals surface area contributed by atoms with Crippen molar-refractivity contribution in [2.45, 2.75) is 12.3 Å². The summed E-state index contributed by atoms with van der Waals surface area (Å²) in [4.78, 5) is 24.1. The van der Waals surface area contributed by atoms with E-state index >= 15 is 0 Å². The number of hydrogen-bond acceptors (Lipinski definition) is 5. The van der Waals surface area contributed by atoms with Gasteiger partial charge in [0, 0.05) is 25.2 Å². The van der Waals surface area contributed by atoms with E-state index in [-0.39, 0.29) is 24.4 Å². The number of morpholine rings is 1. The summed E-state index contributed by atoms with van der Waals surface area (Å²) in [6.45, 7) is 1.22. The first-order valence-electron chi connectivity index (χ1n) is 9.78. The van der Waals surface area contributed by atoms with Crippen LogP contribution in [0.5, 0.6) is 0 Å². The Hall–Kier alpha value is -2.82. The Morgan fingerprint density at radius 2 is 1.71 bits per heavy atom. The Kier molecular flexibility index (Phi) is 7.72. The third-order valence-corrected chi connectivity index (χ3v) is 6.62. The van der Waals surface area contributed by atoms with Gasteiger partial charge in [-0.15, -0.1) is 0 Å². The minimum absolute atomic E-state index is 0.115. The highest BCUT2D eigenvalue weighted by atomic mass is 32.2. The van der Waals surface area contributed by atoms with Gasteiger partial charge >= 0.3 is 0 Å². The summed E-state index contributed by atoms with van der Waals surface area (Å²) in [5.74, 6) is -1.72. The van der Waals surface area contributed by atoms with Crippen LogP contribution in [0, 0.1) is 5.82 Å². The molecule has 1 aliphatic heterocycles. The van der Waals surface area contributed by atoms with E-state index in [0.717, 1.165) is 6.07 Å². The topological polar surface area (TPSA) is 105 Å². The number of carbonyl (C=O) groups is 2. The molecule has 1 aliphatic rings. The van der Waals surface area contributed by atoms with Crippen molar-refractivity contribution in [1.29, 1.82) is 0 Å². The molecule has 1 heterocycles. The van der Waals surface area contributed by atoms with Crippen molar-refractivity contribution in [2.24, 2.45) is 0 Å². The van der Waals surface area contributed by atoms with Gasteiger partial charge in [0.15, 0.2) is 0 Å². The SMILES string of the molecule is O=C(CNC(=O)c1cccc(F)c1)NCc1ccccc1CS(=O)(=O)N1CCOCC1. The number of carbonyl (C=O) groups excluding carboxylic acids is 2. The zero-order chi connectivity index (χ0) is 22.3. The Bertz CT molecular complexity index is 1040. The molecule has 8 nitrogen and oxygen atoms in total. The number of amides is 2. The molecule has 0 saturated carbocycles. The van der Waals surface area contributed by atoms with Crippen LogP contribution in [0.1, 0.15) is 21.5 Å². The second-order valence-electron chi connectivity index (χ2n) is 7.01. The summed E-state index contributed by atoms with van der Waals surface area (Å²) in [5, 5.41) is 5.09. The van der Waals surface area contributed by atoms with Crippen LogP contribution in [0.2, 0.25) is 0 Å². The van der Waals surface area contributed by atoms with E-state index in [0.29, 0.717) is 37.4 Å². The number of rotatable bonds is 8. The largest absolute Gasteiger partial charge is 0.379 e. The van der Waals surface area contributed by atoms with E-state index in [1.165, 1.54) is 22.5 Å². The lowest BCUT2D eigenvalue weighted by atomic mass is 10.1. The molecule has 0 spiro atoms. The Morgan fingerprint density at radius 3 is 2.42 bits per heavy atom. The van der Waals surface area contributed by atoms with Crippen LogP contribution >= 0.6 is 0 Å². The first-order chi connectivity index (χ1) is 14.8. The second-order valence-corrected chi connectivity index (χ2v) is 8.98. The van der Waals surface area contributed by atoms with E-state index < -0.39 is 27.7 Å². The fourth-order valence-electron chi connectivity index (χ4n) is 3.13. The molecule has 0 bridgehead atoms. The molecule has 10 heteroatoms. The van der Waals surface area contributed by atoms with Gasteiger partial charge in [0.1, 0.15) is 5.82 Å². The molecule has 2 aromatic carbocycles. The van der Waals surface area contributed by atoms with Gasteiger partial charge in [0.25, 0.3) is 5.91 Å². The average molecular weight is 450 g/mol. The van der Waals surface area contributed by atoms with E-state index in [4.69, 9.17) is 4.74 Å². The van der Waals surface area contributed by atoms with E-state index in [9.17, 15) is 22.4 Å². The molecular formula is C21H24FN3O5S. The number of nitrogens with zero attached hydrogens (tertiary/aromatic N) is 1. The van der Waals surface area contributed by atoms with Crippen molar-refractivity contribution < 1.29 is 27.1 Å². The summed E-state index contributed by atoms with van der Waals surface area (Å²) in [6, 6.07) is 12.1. The molecule has 1 saturated heterocycles. The summed E-state index contributed by atoms with van der Waals surface area (Å²) < 4.78 is 45.2. The molecule has 3 rings (SSSR count). The van der Waals surface area contributed by atoms with Crippen molar-refractivity contribution in [1.82, 2.24) is 14.9 Å². The smallest absolute Gasteiger partial charge is 0.251 e. The minimum atomic E-state index is -3.50. The summed E-state index contributed by atoms with van der Waals surface area (Å²) in [5.41, 5.74) is 1.38.